The number of hydrogen-bond acceptors (Lipinski definition) is 6. The van der Waals surface area contributed by atoms with Crippen molar-refractivity contribution in [2.75, 3.05) is 31.7 Å². The predicted molar refractivity (Wildman–Crippen MR) is 181 cm³/mol. The zero-order valence-corrected chi connectivity index (χ0v) is 27.4. The number of furan rings is 1. The first kappa shape index (κ1) is 31.1. The Morgan fingerprint density at radius 3 is 2.44 bits per heavy atom. The monoisotopic (exact) mass is 669 g/mol. The van der Waals surface area contributed by atoms with Crippen LogP contribution in [-0.4, -0.2) is 62.0 Å². The number of carbonyl (C=O) groups is 1. The van der Waals surface area contributed by atoms with Crippen LogP contribution in [0.4, 0.5) is 14.5 Å². The van der Waals surface area contributed by atoms with Gasteiger partial charge in [-0.15, -0.1) is 0 Å². The minimum Gasteiger partial charge on any atom is -0.470 e. The van der Waals surface area contributed by atoms with Gasteiger partial charge in [-0.3, -0.25) is 9.10 Å². The average Bonchev–Trinajstić information content (AvgIpc) is 3.63. The minimum absolute atomic E-state index is 0.115. The number of aromatic nitrogens is 2. The number of fused-ring (bicyclic) bond motifs is 6. The molecule has 0 fully saturated rings. The Bertz CT molecular complexity index is 2430. The van der Waals surface area contributed by atoms with E-state index in [4.69, 9.17) is 14.1 Å². The Labute approximate surface area is 274 Å². The van der Waals surface area contributed by atoms with Crippen LogP contribution in [0.5, 0.6) is 5.75 Å². The van der Waals surface area contributed by atoms with Gasteiger partial charge in [0.2, 0.25) is 10.0 Å². The molecule has 6 aromatic rings. The number of carbonyl (C=O) groups excluding carboxylic acids is 1. The zero-order chi connectivity index (χ0) is 34.1. The highest BCUT2D eigenvalue weighted by Gasteiger charge is 2.28. The van der Waals surface area contributed by atoms with E-state index >= 15 is 0 Å². The largest absolute Gasteiger partial charge is 0.470 e. The van der Waals surface area contributed by atoms with Crippen molar-refractivity contribution in [1.82, 2.24) is 14.5 Å². The fourth-order valence-corrected chi connectivity index (χ4v) is 6.22. The lowest BCUT2D eigenvalue weighted by atomic mass is 10.0. The van der Waals surface area contributed by atoms with Gasteiger partial charge in [0.05, 0.1) is 34.4 Å². The Kier molecular flexibility index (Phi) is 7.31. The van der Waals surface area contributed by atoms with Crippen LogP contribution < -0.4 is 9.04 Å². The molecule has 1 amide bonds. The van der Waals surface area contributed by atoms with E-state index in [1.165, 1.54) is 43.4 Å². The van der Waals surface area contributed by atoms with Gasteiger partial charge in [-0.25, -0.2) is 22.2 Å². The lowest BCUT2D eigenvalue weighted by molar-refractivity contribution is 0.100. The Hall–Kier alpha value is -5.56. The summed E-state index contributed by atoms with van der Waals surface area (Å²) in [6, 6.07) is 18.6. The van der Waals surface area contributed by atoms with Crippen molar-refractivity contribution >= 4 is 49.3 Å². The first-order valence-electron chi connectivity index (χ1n) is 14.8. The van der Waals surface area contributed by atoms with Gasteiger partial charge in [0.1, 0.15) is 40.3 Å². The summed E-state index contributed by atoms with van der Waals surface area (Å²) in [7, 11) is 1.13. The third-order valence-corrected chi connectivity index (χ3v) is 9.68. The van der Waals surface area contributed by atoms with Gasteiger partial charge in [0.15, 0.2) is 6.73 Å². The van der Waals surface area contributed by atoms with E-state index in [1.807, 2.05) is 4.57 Å². The number of halogens is 2. The van der Waals surface area contributed by atoms with E-state index in [2.05, 4.69) is 4.99 Å². The lowest BCUT2D eigenvalue weighted by Crippen LogP contribution is -2.25. The van der Waals surface area contributed by atoms with Gasteiger partial charge in [0, 0.05) is 49.1 Å². The maximum atomic E-state index is 14.8. The number of anilines is 1. The Morgan fingerprint density at radius 1 is 0.979 bits per heavy atom. The van der Waals surface area contributed by atoms with Crippen LogP contribution in [0.1, 0.15) is 17.3 Å². The van der Waals surface area contributed by atoms with Gasteiger partial charge >= 0.3 is 0 Å². The summed E-state index contributed by atoms with van der Waals surface area (Å²) in [5.41, 5.74) is 3.42. The molecule has 0 bridgehead atoms. The molecule has 0 aliphatic carbocycles. The maximum Gasteiger partial charge on any atom is 0.283 e. The quantitative estimate of drug-likeness (QED) is 0.145. The first-order valence-corrected chi connectivity index (χ1v) is 16.7. The topological polar surface area (TPSA) is 110 Å². The van der Waals surface area contributed by atoms with Crippen LogP contribution >= 0.6 is 0 Å². The zero-order valence-electron chi connectivity index (χ0n) is 26.6. The van der Waals surface area contributed by atoms with Gasteiger partial charge < -0.3 is 18.6 Å². The van der Waals surface area contributed by atoms with Crippen LogP contribution in [0, 0.1) is 11.6 Å². The molecule has 1 aliphatic rings. The maximum absolute atomic E-state index is 14.8. The molecule has 13 heteroatoms. The SMILES string of the molecule is CC(=NC(=O)c1c(-c2ccc(F)cc2)oc2cc(N(C)S(C)(=O)=O)c(-c3ccc4c(n3)-c3cc5c(F)cccc5n3CO4)cc12)N(C)C. The molecule has 0 atom stereocenters. The third-order valence-electron chi connectivity index (χ3n) is 8.49. The highest BCUT2D eigenvalue weighted by Crippen LogP contribution is 2.44. The van der Waals surface area contributed by atoms with Crippen molar-refractivity contribution in [3.8, 4) is 39.7 Å². The summed E-state index contributed by atoms with van der Waals surface area (Å²) in [5.74, 6) is -0.388. The Balaban J connectivity index is 1.50. The van der Waals surface area contributed by atoms with Gasteiger partial charge in [-0.05, 0) is 67.6 Å². The van der Waals surface area contributed by atoms with Crippen molar-refractivity contribution in [3.05, 3.63) is 90.0 Å². The van der Waals surface area contributed by atoms with Gasteiger partial charge in [-0.2, -0.15) is 4.99 Å². The van der Waals surface area contributed by atoms with Crippen molar-refractivity contribution in [2.24, 2.45) is 4.99 Å². The molecular weight excluding hydrogens is 640 g/mol. The fraction of sp³-hybridized carbons (Fsp3) is 0.171. The van der Waals surface area contributed by atoms with Crippen molar-refractivity contribution < 1.29 is 31.1 Å². The minimum atomic E-state index is -3.79. The molecule has 244 valence electrons. The molecule has 0 unspecified atom stereocenters. The van der Waals surface area contributed by atoms with Gasteiger partial charge in [0.25, 0.3) is 5.91 Å². The molecule has 3 aromatic carbocycles. The summed E-state index contributed by atoms with van der Waals surface area (Å²) >= 11 is 0. The molecule has 3 aromatic heterocycles. The number of pyridine rings is 1. The molecule has 1 aliphatic heterocycles. The third kappa shape index (κ3) is 5.16. The van der Waals surface area contributed by atoms with Crippen LogP contribution in [-0.2, 0) is 16.8 Å². The van der Waals surface area contributed by atoms with Crippen LogP contribution in [0.2, 0.25) is 0 Å². The van der Waals surface area contributed by atoms with E-state index in [0.29, 0.717) is 56.1 Å². The second-order valence-corrected chi connectivity index (χ2v) is 13.7. The second kappa shape index (κ2) is 11.3. The summed E-state index contributed by atoms with van der Waals surface area (Å²) in [6.45, 7) is 1.84. The molecule has 0 N–H and O–H groups in total. The molecule has 7 rings (SSSR count). The van der Waals surface area contributed by atoms with Crippen LogP contribution in [0.3, 0.4) is 0 Å². The number of sulfonamides is 1. The summed E-state index contributed by atoms with van der Waals surface area (Å²) in [5, 5.41) is 0.765. The molecule has 4 heterocycles. The summed E-state index contributed by atoms with van der Waals surface area (Å²) < 4.78 is 69.6. The van der Waals surface area contributed by atoms with E-state index in [-0.39, 0.29) is 35.1 Å². The number of aliphatic imine (C=N–C) groups is 1. The number of amidine groups is 1. The number of amides is 1. The molecule has 0 saturated heterocycles. The standard InChI is InChI=1S/C35H29F2N5O5S/c1-19(40(2)3)38-35(43)32-24-15-23(28(41(4)48(5,44)45)17-31(24)47-34(32)20-9-11-21(36)12-10-20)26-13-14-30-33(39-26)29-16-22-25(37)7-6-8-27(22)42(29)18-46-30/h6-17H,18H2,1-5H3. The lowest BCUT2D eigenvalue weighted by Gasteiger charge is -2.23. The predicted octanol–water partition coefficient (Wildman–Crippen LogP) is 6.93. The molecule has 0 saturated carbocycles. The van der Waals surface area contributed by atoms with Crippen LogP contribution in [0.15, 0.2) is 82.2 Å². The Morgan fingerprint density at radius 2 is 1.73 bits per heavy atom. The van der Waals surface area contributed by atoms with E-state index in [9.17, 15) is 22.0 Å². The normalized spacial score (nSPS) is 12.9. The van der Waals surface area contributed by atoms with E-state index in [0.717, 1.165) is 10.6 Å². The number of nitrogens with zero attached hydrogens (tertiary/aromatic N) is 5. The van der Waals surface area contributed by atoms with Crippen molar-refractivity contribution in [2.45, 2.75) is 13.7 Å². The average molecular weight is 670 g/mol. The van der Waals surface area contributed by atoms with Crippen LogP contribution in [0.25, 0.3) is 55.8 Å². The molecule has 0 radical (unpaired) electrons. The molecule has 0 spiro atoms. The highest BCUT2D eigenvalue weighted by atomic mass is 32.2. The van der Waals surface area contributed by atoms with E-state index < -0.39 is 21.7 Å². The number of hydrogen-bond donors (Lipinski definition) is 0. The van der Waals surface area contributed by atoms with Crippen molar-refractivity contribution in [1.29, 1.82) is 0 Å². The summed E-state index contributed by atoms with van der Waals surface area (Å²) in [6.07, 6.45) is 1.07. The summed E-state index contributed by atoms with van der Waals surface area (Å²) in [4.78, 5) is 24.7. The second-order valence-electron chi connectivity index (χ2n) is 11.7. The molecule has 10 nitrogen and oxygen atoms in total. The molecule has 48 heavy (non-hydrogen) atoms. The van der Waals surface area contributed by atoms with Crippen molar-refractivity contribution in [3.63, 3.8) is 0 Å². The molecular formula is C35H29F2N5O5S. The van der Waals surface area contributed by atoms with E-state index in [1.54, 1.807) is 62.3 Å². The first-order chi connectivity index (χ1) is 22.8. The number of ether oxygens (including phenoxy) is 1. The highest BCUT2D eigenvalue weighted by molar-refractivity contribution is 7.92. The number of benzene rings is 3. The number of rotatable bonds is 5. The van der Waals surface area contributed by atoms with Gasteiger partial charge in [-0.1, -0.05) is 6.07 Å². The smallest absolute Gasteiger partial charge is 0.283 e. The fourth-order valence-electron chi connectivity index (χ4n) is 5.71.